The number of benzene rings is 1. The Hall–Kier alpha value is -0.310. The topological polar surface area (TPSA) is 3.24 Å². The fraction of sp³-hybridized carbons (Fsp3) is 0.538. The number of halogens is 3. The van der Waals surface area contributed by atoms with Crippen LogP contribution in [-0.4, -0.2) is 23.4 Å². The molecule has 1 fully saturated rings. The maximum Gasteiger partial charge on any atom is 0.141 e. The predicted molar refractivity (Wildman–Crippen MR) is 70.1 cm³/mol. The van der Waals surface area contributed by atoms with E-state index in [0.29, 0.717) is 17.8 Å². The highest BCUT2D eigenvalue weighted by Crippen LogP contribution is 2.27. The molecule has 0 radical (unpaired) electrons. The second-order valence-electron chi connectivity index (χ2n) is 4.71. The third-order valence-corrected chi connectivity index (χ3v) is 4.13. The van der Waals surface area contributed by atoms with Crippen LogP contribution in [0.2, 0.25) is 5.02 Å². The van der Waals surface area contributed by atoms with Crippen LogP contribution in [0.3, 0.4) is 0 Å². The number of nitrogens with zero attached hydrogens (tertiary/aromatic N) is 1. The molecule has 1 aromatic carbocycles. The van der Waals surface area contributed by atoms with Crippen LogP contribution in [-0.2, 0) is 6.54 Å². The van der Waals surface area contributed by atoms with E-state index >= 15 is 0 Å². The number of likely N-dealkylation sites (tertiary alicyclic amines) is 1. The highest BCUT2D eigenvalue weighted by molar-refractivity contribution is 6.30. The first-order chi connectivity index (χ1) is 8.11. The Bertz CT molecular complexity index is 397. The summed E-state index contributed by atoms with van der Waals surface area (Å²) in [5, 5.41) is 0.192. The summed E-state index contributed by atoms with van der Waals surface area (Å²) in [6.45, 7) is 4.07. The molecule has 17 heavy (non-hydrogen) atoms. The first-order valence-corrected chi connectivity index (χ1v) is 6.77. The van der Waals surface area contributed by atoms with Gasteiger partial charge in [0.1, 0.15) is 5.82 Å². The summed E-state index contributed by atoms with van der Waals surface area (Å²) >= 11 is 11.8. The van der Waals surface area contributed by atoms with Crippen molar-refractivity contribution in [2.75, 3.05) is 12.4 Å². The highest BCUT2D eigenvalue weighted by Gasteiger charge is 2.30. The SMILES string of the molecule is CC1CCN(Cc2ccc(F)c(Cl)c2)C1CCl. The molecule has 4 heteroatoms. The van der Waals surface area contributed by atoms with Crippen molar-refractivity contribution in [2.45, 2.75) is 25.9 Å². The summed E-state index contributed by atoms with van der Waals surface area (Å²) in [7, 11) is 0. The van der Waals surface area contributed by atoms with Gasteiger partial charge in [0, 0.05) is 18.5 Å². The van der Waals surface area contributed by atoms with Gasteiger partial charge in [0.15, 0.2) is 0 Å². The Kier molecular flexibility index (Phi) is 4.29. The van der Waals surface area contributed by atoms with Gasteiger partial charge in [-0.1, -0.05) is 24.6 Å². The second kappa shape index (κ2) is 5.55. The number of alkyl halides is 1. The van der Waals surface area contributed by atoms with Crippen LogP contribution in [0.15, 0.2) is 18.2 Å². The summed E-state index contributed by atoms with van der Waals surface area (Å²) < 4.78 is 13.1. The van der Waals surface area contributed by atoms with Crippen LogP contribution >= 0.6 is 23.2 Å². The second-order valence-corrected chi connectivity index (χ2v) is 5.42. The largest absolute Gasteiger partial charge is 0.295 e. The van der Waals surface area contributed by atoms with Crippen molar-refractivity contribution in [3.63, 3.8) is 0 Å². The van der Waals surface area contributed by atoms with Crippen LogP contribution < -0.4 is 0 Å². The predicted octanol–water partition coefficient (Wildman–Crippen LogP) is 3.93. The summed E-state index contributed by atoms with van der Waals surface area (Å²) in [5.41, 5.74) is 1.04. The Morgan fingerprint density at radius 2 is 2.24 bits per heavy atom. The summed E-state index contributed by atoms with van der Waals surface area (Å²) in [6.07, 6.45) is 1.17. The van der Waals surface area contributed by atoms with Gasteiger partial charge in [-0.3, -0.25) is 4.90 Å². The van der Waals surface area contributed by atoms with Crippen molar-refractivity contribution < 1.29 is 4.39 Å². The third kappa shape index (κ3) is 2.93. The van der Waals surface area contributed by atoms with E-state index in [1.165, 1.54) is 12.5 Å². The van der Waals surface area contributed by atoms with E-state index in [9.17, 15) is 4.39 Å². The molecule has 2 unspecified atom stereocenters. The van der Waals surface area contributed by atoms with E-state index in [0.717, 1.165) is 18.7 Å². The van der Waals surface area contributed by atoms with Crippen molar-refractivity contribution in [1.82, 2.24) is 4.90 Å². The number of hydrogen-bond acceptors (Lipinski definition) is 1. The van der Waals surface area contributed by atoms with Gasteiger partial charge in [0.25, 0.3) is 0 Å². The van der Waals surface area contributed by atoms with E-state index in [1.807, 2.05) is 0 Å². The molecule has 0 aliphatic carbocycles. The molecule has 0 N–H and O–H groups in total. The van der Waals surface area contributed by atoms with Gasteiger partial charge in [-0.05, 0) is 36.6 Å². The quantitative estimate of drug-likeness (QED) is 0.756. The van der Waals surface area contributed by atoms with Gasteiger partial charge in [-0.2, -0.15) is 0 Å². The molecule has 1 heterocycles. The Balaban J connectivity index is 2.07. The molecule has 0 amide bonds. The maximum atomic E-state index is 13.1. The molecule has 1 saturated heterocycles. The van der Waals surface area contributed by atoms with Gasteiger partial charge in [0.05, 0.1) is 5.02 Å². The fourth-order valence-corrected chi connectivity index (χ4v) is 3.11. The molecule has 0 aromatic heterocycles. The van der Waals surface area contributed by atoms with Crippen molar-refractivity contribution >= 4 is 23.2 Å². The number of hydrogen-bond donors (Lipinski definition) is 0. The summed E-state index contributed by atoms with van der Waals surface area (Å²) in [6, 6.07) is 5.33. The van der Waals surface area contributed by atoms with E-state index in [4.69, 9.17) is 23.2 Å². The number of rotatable bonds is 3. The zero-order valence-corrected chi connectivity index (χ0v) is 11.3. The highest BCUT2D eigenvalue weighted by atomic mass is 35.5. The molecule has 0 bridgehead atoms. The van der Waals surface area contributed by atoms with Crippen LogP contribution in [0.5, 0.6) is 0 Å². The monoisotopic (exact) mass is 275 g/mol. The zero-order valence-electron chi connectivity index (χ0n) is 9.80. The van der Waals surface area contributed by atoms with Crippen molar-refractivity contribution in [2.24, 2.45) is 5.92 Å². The molecule has 1 aliphatic heterocycles. The minimum atomic E-state index is -0.362. The van der Waals surface area contributed by atoms with Gasteiger partial charge in [0.2, 0.25) is 0 Å². The average molecular weight is 276 g/mol. The Morgan fingerprint density at radius 3 is 2.88 bits per heavy atom. The lowest BCUT2D eigenvalue weighted by atomic mass is 10.0. The van der Waals surface area contributed by atoms with E-state index < -0.39 is 0 Å². The van der Waals surface area contributed by atoms with Crippen molar-refractivity contribution in [3.05, 3.63) is 34.6 Å². The van der Waals surface area contributed by atoms with E-state index in [-0.39, 0.29) is 10.8 Å². The average Bonchev–Trinajstić information content (AvgIpc) is 2.64. The molecular formula is C13H16Cl2FN. The maximum absolute atomic E-state index is 13.1. The lowest BCUT2D eigenvalue weighted by Crippen LogP contribution is -2.33. The lowest BCUT2D eigenvalue weighted by molar-refractivity contribution is 0.242. The van der Waals surface area contributed by atoms with Gasteiger partial charge >= 0.3 is 0 Å². The van der Waals surface area contributed by atoms with E-state index in [1.54, 1.807) is 12.1 Å². The minimum absolute atomic E-state index is 0.192. The molecule has 0 spiro atoms. The zero-order chi connectivity index (χ0) is 12.4. The van der Waals surface area contributed by atoms with Crippen molar-refractivity contribution in [3.8, 4) is 0 Å². The molecule has 2 atom stereocenters. The smallest absolute Gasteiger partial charge is 0.141 e. The molecule has 1 aromatic rings. The fourth-order valence-electron chi connectivity index (χ4n) is 2.41. The first-order valence-electron chi connectivity index (χ1n) is 5.85. The van der Waals surface area contributed by atoms with Crippen LogP contribution in [0, 0.1) is 11.7 Å². The lowest BCUT2D eigenvalue weighted by Gasteiger charge is -2.25. The van der Waals surface area contributed by atoms with Crippen LogP contribution in [0.25, 0.3) is 0 Å². The Morgan fingerprint density at radius 1 is 1.47 bits per heavy atom. The summed E-state index contributed by atoms with van der Waals surface area (Å²) in [4.78, 5) is 2.35. The Labute approximate surface area is 112 Å². The molecule has 1 nitrogen and oxygen atoms in total. The van der Waals surface area contributed by atoms with E-state index in [2.05, 4.69) is 11.8 Å². The third-order valence-electron chi connectivity index (χ3n) is 3.53. The molecule has 2 rings (SSSR count). The summed E-state index contributed by atoms with van der Waals surface area (Å²) in [5.74, 6) is 0.915. The minimum Gasteiger partial charge on any atom is -0.295 e. The van der Waals surface area contributed by atoms with Crippen LogP contribution in [0.4, 0.5) is 4.39 Å². The van der Waals surface area contributed by atoms with Gasteiger partial charge in [-0.15, -0.1) is 11.6 Å². The standard InChI is InChI=1S/C13H16Cl2FN/c1-9-4-5-17(13(9)7-14)8-10-2-3-12(16)11(15)6-10/h2-3,6,9,13H,4-5,7-8H2,1H3. The van der Waals surface area contributed by atoms with Crippen molar-refractivity contribution in [1.29, 1.82) is 0 Å². The molecule has 0 saturated carbocycles. The normalized spacial score (nSPS) is 25.4. The molecule has 94 valence electrons. The molecular weight excluding hydrogens is 260 g/mol. The molecule has 1 aliphatic rings. The van der Waals surface area contributed by atoms with Crippen LogP contribution in [0.1, 0.15) is 18.9 Å². The van der Waals surface area contributed by atoms with Gasteiger partial charge < -0.3 is 0 Å². The van der Waals surface area contributed by atoms with Gasteiger partial charge in [-0.25, -0.2) is 4.39 Å². The first kappa shape index (κ1) is 13.1.